The third-order valence-electron chi connectivity index (χ3n) is 5.47. The topological polar surface area (TPSA) is 76.5 Å². The highest BCUT2D eigenvalue weighted by atomic mass is 32.2. The summed E-state index contributed by atoms with van der Waals surface area (Å²) in [6, 6.07) is 14.4. The summed E-state index contributed by atoms with van der Waals surface area (Å²) in [7, 11) is 0. The lowest BCUT2D eigenvalue weighted by Crippen LogP contribution is -2.11. The first-order valence-electron chi connectivity index (χ1n) is 10.3. The van der Waals surface area contributed by atoms with Crippen LogP contribution in [0.3, 0.4) is 0 Å². The van der Waals surface area contributed by atoms with E-state index >= 15 is 0 Å². The van der Waals surface area contributed by atoms with Crippen molar-refractivity contribution in [3.8, 4) is 17.1 Å². The highest BCUT2D eigenvalue weighted by molar-refractivity contribution is 7.98. The monoisotopic (exact) mass is 477 g/mol. The van der Waals surface area contributed by atoms with Gasteiger partial charge in [-0.05, 0) is 50.6 Å². The second-order valence-electron chi connectivity index (χ2n) is 7.72. The number of benzene rings is 2. The van der Waals surface area contributed by atoms with Crippen LogP contribution in [0.25, 0.3) is 27.3 Å². The predicted molar refractivity (Wildman–Crippen MR) is 131 cm³/mol. The number of thioether (sulfide) groups is 1. The molecule has 0 atom stereocenters. The molecule has 0 unspecified atom stereocenters. The molecule has 3 heterocycles. The fourth-order valence-electron chi connectivity index (χ4n) is 3.61. The average molecular weight is 478 g/mol. The van der Waals surface area contributed by atoms with Crippen molar-refractivity contribution >= 4 is 33.3 Å². The van der Waals surface area contributed by atoms with Gasteiger partial charge < -0.3 is 4.98 Å². The summed E-state index contributed by atoms with van der Waals surface area (Å²) in [5, 5.41) is 9.88. The number of nitrogens with one attached hydrogen (secondary N) is 1. The van der Waals surface area contributed by atoms with Crippen LogP contribution in [-0.4, -0.2) is 24.7 Å². The minimum atomic E-state index is -0.366. The Balaban J connectivity index is 1.55. The highest BCUT2D eigenvalue weighted by Gasteiger charge is 2.19. The number of thiophene rings is 1. The largest absolute Gasteiger partial charge is 0.309 e. The summed E-state index contributed by atoms with van der Waals surface area (Å²) < 4.78 is 16.4. The quantitative estimate of drug-likeness (QED) is 0.334. The van der Waals surface area contributed by atoms with Gasteiger partial charge in [-0.25, -0.2) is 9.37 Å². The normalized spacial score (nSPS) is 11.4. The Labute approximate surface area is 197 Å². The van der Waals surface area contributed by atoms with Gasteiger partial charge in [0.25, 0.3) is 5.56 Å². The molecule has 0 amide bonds. The van der Waals surface area contributed by atoms with Crippen LogP contribution in [0.1, 0.15) is 21.8 Å². The van der Waals surface area contributed by atoms with Gasteiger partial charge in [0.1, 0.15) is 16.5 Å². The predicted octanol–water partition coefficient (Wildman–Crippen LogP) is 5.59. The molecule has 1 N–H and O–H groups in total. The second kappa shape index (κ2) is 8.57. The van der Waals surface area contributed by atoms with Crippen molar-refractivity contribution in [2.45, 2.75) is 31.7 Å². The smallest absolute Gasteiger partial charge is 0.259 e. The molecule has 0 fully saturated rings. The summed E-state index contributed by atoms with van der Waals surface area (Å²) in [6.45, 7) is 5.94. The zero-order chi connectivity index (χ0) is 23.1. The Bertz CT molecular complexity index is 1540. The maximum atomic E-state index is 14.6. The highest BCUT2D eigenvalue weighted by Crippen LogP contribution is 2.31. The van der Waals surface area contributed by atoms with E-state index in [4.69, 9.17) is 0 Å². The molecular formula is C24H20FN5OS2. The summed E-state index contributed by atoms with van der Waals surface area (Å²) >= 11 is 2.91. The minimum absolute atomic E-state index is 0.135. The van der Waals surface area contributed by atoms with Crippen LogP contribution < -0.4 is 5.56 Å². The lowest BCUT2D eigenvalue weighted by molar-refractivity contribution is 0.629. The van der Waals surface area contributed by atoms with Gasteiger partial charge >= 0.3 is 0 Å². The third kappa shape index (κ3) is 3.98. The molecule has 2 aromatic carbocycles. The summed E-state index contributed by atoms with van der Waals surface area (Å²) in [5.41, 5.74) is 3.15. The van der Waals surface area contributed by atoms with Crippen molar-refractivity contribution in [3.63, 3.8) is 0 Å². The van der Waals surface area contributed by atoms with Crippen LogP contribution in [0.2, 0.25) is 0 Å². The van der Waals surface area contributed by atoms with Gasteiger partial charge in [-0.1, -0.05) is 41.6 Å². The number of aromatic amines is 1. The molecule has 6 nitrogen and oxygen atoms in total. The first-order valence-corrected chi connectivity index (χ1v) is 12.1. The van der Waals surface area contributed by atoms with E-state index in [1.165, 1.54) is 29.2 Å². The Morgan fingerprint density at radius 3 is 2.58 bits per heavy atom. The van der Waals surface area contributed by atoms with E-state index in [2.05, 4.69) is 20.2 Å². The van der Waals surface area contributed by atoms with E-state index in [1.54, 1.807) is 18.2 Å². The van der Waals surface area contributed by atoms with Gasteiger partial charge in [-0.15, -0.1) is 21.5 Å². The Kier molecular flexibility index (Phi) is 5.59. The summed E-state index contributed by atoms with van der Waals surface area (Å²) in [5.74, 6) is 1.00. The van der Waals surface area contributed by atoms with E-state index in [0.717, 1.165) is 26.5 Å². The molecule has 0 saturated carbocycles. The first-order chi connectivity index (χ1) is 15.9. The van der Waals surface area contributed by atoms with Gasteiger partial charge in [0.15, 0.2) is 11.0 Å². The number of H-pyrrole nitrogens is 1. The molecule has 9 heteroatoms. The zero-order valence-electron chi connectivity index (χ0n) is 18.2. The van der Waals surface area contributed by atoms with Crippen molar-refractivity contribution in [2.24, 2.45) is 0 Å². The molecule has 0 aliphatic heterocycles. The number of aryl methyl sites for hydroxylation is 3. The van der Waals surface area contributed by atoms with Crippen molar-refractivity contribution in [1.29, 1.82) is 0 Å². The van der Waals surface area contributed by atoms with Crippen LogP contribution in [-0.2, 0) is 5.75 Å². The van der Waals surface area contributed by atoms with E-state index in [9.17, 15) is 9.18 Å². The number of hydrogen-bond donors (Lipinski definition) is 1. The molecular weight excluding hydrogens is 457 g/mol. The van der Waals surface area contributed by atoms with Crippen LogP contribution in [0.5, 0.6) is 0 Å². The molecule has 0 saturated heterocycles. The molecule has 0 spiro atoms. The van der Waals surface area contributed by atoms with E-state index in [0.29, 0.717) is 33.5 Å². The Hall–Kier alpha value is -3.30. The molecule has 5 rings (SSSR count). The van der Waals surface area contributed by atoms with E-state index < -0.39 is 0 Å². The average Bonchev–Trinajstić information content (AvgIpc) is 3.34. The minimum Gasteiger partial charge on any atom is -0.309 e. The molecule has 166 valence electrons. The maximum absolute atomic E-state index is 14.6. The SMILES string of the molecule is Cc1ccc(-n2c(SCc3nc4sc(C)c(C)c4c(=O)[nH]3)nnc2-c2ccccc2F)cc1. The maximum Gasteiger partial charge on any atom is 0.259 e. The van der Waals surface area contributed by atoms with Gasteiger partial charge in [-0.2, -0.15) is 0 Å². The van der Waals surface area contributed by atoms with Crippen LogP contribution in [0.4, 0.5) is 4.39 Å². The number of fused-ring (bicyclic) bond motifs is 1. The Morgan fingerprint density at radius 1 is 1.06 bits per heavy atom. The number of halogens is 1. The summed E-state index contributed by atoms with van der Waals surface area (Å²) in [6.07, 6.45) is 0. The second-order valence-corrected chi connectivity index (χ2v) is 9.87. The van der Waals surface area contributed by atoms with Gasteiger partial charge in [0, 0.05) is 10.6 Å². The van der Waals surface area contributed by atoms with Gasteiger partial charge in [0.05, 0.1) is 16.7 Å². The fraction of sp³-hybridized carbons (Fsp3) is 0.167. The molecule has 0 bridgehead atoms. The number of hydrogen-bond acceptors (Lipinski definition) is 6. The molecule has 0 aliphatic carbocycles. The van der Waals surface area contributed by atoms with Crippen molar-refractivity contribution in [2.75, 3.05) is 0 Å². The lowest BCUT2D eigenvalue weighted by atomic mass is 10.2. The van der Waals surface area contributed by atoms with Crippen LogP contribution in [0, 0.1) is 26.6 Å². The first kappa shape index (κ1) is 21.5. The Morgan fingerprint density at radius 2 is 1.82 bits per heavy atom. The van der Waals surface area contributed by atoms with Crippen molar-refractivity contribution < 1.29 is 4.39 Å². The molecule has 0 aliphatic rings. The number of aromatic nitrogens is 5. The van der Waals surface area contributed by atoms with E-state index in [-0.39, 0.29) is 11.4 Å². The van der Waals surface area contributed by atoms with Crippen LogP contribution in [0.15, 0.2) is 58.5 Å². The van der Waals surface area contributed by atoms with Gasteiger partial charge in [0.2, 0.25) is 0 Å². The molecule has 3 aromatic heterocycles. The van der Waals surface area contributed by atoms with Crippen LogP contribution >= 0.6 is 23.1 Å². The van der Waals surface area contributed by atoms with Crippen molar-refractivity contribution in [1.82, 2.24) is 24.7 Å². The number of rotatable bonds is 5. The third-order valence-corrected chi connectivity index (χ3v) is 7.51. The standard InChI is InChI=1S/C24H20FN5OS2/c1-13-8-10-16(11-9-13)30-21(17-6-4-5-7-18(17)25)28-29-24(30)32-12-19-26-22(31)20-14(2)15(3)33-23(20)27-19/h4-11H,12H2,1-3H3,(H,26,27,31). The molecule has 0 radical (unpaired) electrons. The fourth-order valence-corrected chi connectivity index (χ4v) is 5.48. The lowest BCUT2D eigenvalue weighted by Gasteiger charge is -2.11. The molecule has 5 aromatic rings. The summed E-state index contributed by atoms with van der Waals surface area (Å²) in [4.78, 5) is 22.0. The number of nitrogens with zero attached hydrogens (tertiary/aromatic N) is 4. The van der Waals surface area contributed by atoms with Crippen molar-refractivity contribution in [3.05, 3.63) is 86.5 Å². The molecule has 33 heavy (non-hydrogen) atoms. The van der Waals surface area contributed by atoms with Gasteiger partial charge in [-0.3, -0.25) is 9.36 Å². The van der Waals surface area contributed by atoms with E-state index in [1.807, 2.05) is 49.6 Å². The zero-order valence-corrected chi connectivity index (χ0v) is 19.9.